The molecule has 7 nitrogen and oxygen atoms in total. The number of amides is 1. The van der Waals surface area contributed by atoms with E-state index in [0.29, 0.717) is 16.8 Å². The highest BCUT2D eigenvalue weighted by atomic mass is 16.5. The zero-order chi connectivity index (χ0) is 17.4. The van der Waals surface area contributed by atoms with Crippen molar-refractivity contribution in [1.82, 2.24) is 19.9 Å². The summed E-state index contributed by atoms with van der Waals surface area (Å²) in [5, 5.41) is 7.17. The van der Waals surface area contributed by atoms with Gasteiger partial charge in [-0.1, -0.05) is 6.07 Å². The fourth-order valence-electron chi connectivity index (χ4n) is 3.22. The number of carbonyl (C=O) groups is 2. The van der Waals surface area contributed by atoms with E-state index in [9.17, 15) is 9.59 Å². The Morgan fingerprint density at radius 3 is 3.08 bits per heavy atom. The maximum absolute atomic E-state index is 12.7. The summed E-state index contributed by atoms with van der Waals surface area (Å²) in [4.78, 5) is 28.6. The molecule has 0 saturated heterocycles. The van der Waals surface area contributed by atoms with Crippen molar-refractivity contribution in [3.8, 4) is 0 Å². The Kier molecular flexibility index (Phi) is 3.68. The number of methoxy groups -OCH3 is 1. The van der Waals surface area contributed by atoms with Crippen molar-refractivity contribution in [2.24, 2.45) is 0 Å². The van der Waals surface area contributed by atoms with Gasteiger partial charge < -0.3 is 10.1 Å². The van der Waals surface area contributed by atoms with Crippen molar-refractivity contribution in [3.63, 3.8) is 0 Å². The van der Waals surface area contributed by atoms with Gasteiger partial charge in [0, 0.05) is 12.4 Å². The summed E-state index contributed by atoms with van der Waals surface area (Å²) in [5.74, 6) is -0.610. The zero-order valence-corrected chi connectivity index (χ0v) is 13.6. The number of hydrogen-bond acceptors (Lipinski definition) is 5. The minimum atomic E-state index is -0.383. The van der Waals surface area contributed by atoms with Crippen LogP contribution in [0.25, 0.3) is 5.65 Å². The van der Waals surface area contributed by atoms with Crippen LogP contribution in [0.1, 0.15) is 44.3 Å². The molecule has 1 unspecified atom stereocenters. The second-order valence-electron chi connectivity index (χ2n) is 5.92. The van der Waals surface area contributed by atoms with Gasteiger partial charge >= 0.3 is 5.97 Å². The second-order valence-corrected chi connectivity index (χ2v) is 5.92. The third-order valence-corrected chi connectivity index (χ3v) is 4.47. The normalized spacial score (nSPS) is 15.8. The van der Waals surface area contributed by atoms with E-state index in [1.807, 2.05) is 6.07 Å². The van der Waals surface area contributed by atoms with Crippen LogP contribution in [0.2, 0.25) is 0 Å². The van der Waals surface area contributed by atoms with Crippen molar-refractivity contribution in [3.05, 3.63) is 65.1 Å². The average Bonchev–Trinajstić information content (AvgIpc) is 3.25. The lowest BCUT2D eigenvalue weighted by Gasteiger charge is -2.14. The lowest BCUT2D eigenvalue weighted by atomic mass is 10.0. The molecule has 0 radical (unpaired) electrons. The molecular weight excluding hydrogens is 320 g/mol. The minimum Gasteiger partial charge on any atom is -0.465 e. The van der Waals surface area contributed by atoms with E-state index in [4.69, 9.17) is 4.74 Å². The number of aryl methyl sites for hydroxylation is 1. The highest BCUT2D eigenvalue weighted by molar-refractivity contribution is 6.00. The van der Waals surface area contributed by atoms with Crippen molar-refractivity contribution < 1.29 is 14.3 Å². The van der Waals surface area contributed by atoms with Gasteiger partial charge in [0.25, 0.3) is 5.91 Å². The average molecular weight is 336 g/mol. The molecule has 0 fully saturated rings. The van der Waals surface area contributed by atoms with E-state index in [2.05, 4.69) is 15.4 Å². The van der Waals surface area contributed by atoms with Crippen molar-refractivity contribution >= 4 is 17.5 Å². The van der Waals surface area contributed by atoms with Gasteiger partial charge in [-0.2, -0.15) is 5.10 Å². The maximum atomic E-state index is 12.7. The summed E-state index contributed by atoms with van der Waals surface area (Å²) < 4.78 is 6.34. The van der Waals surface area contributed by atoms with E-state index >= 15 is 0 Å². The number of aromatic nitrogens is 3. The molecule has 1 N–H and O–H groups in total. The third-order valence-electron chi connectivity index (χ3n) is 4.47. The summed E-state index contributed by atoms with van der Waals surface area (Å²) in [5.41, 5.74) is 3.52. The molecular formula is C18H16N4O3. The smallest absolute Gasteiger partial charge is 0.337 e. The summed E-state index contributed by atoms with van der Waals surface area (Å²) >= 11 is 0. The van der Waals surface area contributed by atoms with E-state index < -0.39 is 0 Å². The largest absolute Gasteiger partial charge is 0.465 e. The number of esters is 1. The van der Waals surface area contributed by atoms with Crippen LogP contribution in [0.15, 0.2) is 42.9 Å². The Bertz CT molecular complexity index is 979. The lowest BCUT2D eigenvalue weighted by molar-refractivity contribution is 0.0600. The molecule has 2 aromatic heterocycles. The summed E-state index contributed by atoms with van der Waals surface area (Å²) in [6.45, 7) is 0. The predicted molar refractivity (Wildman–Crippen MR) is 89.3 cm³/mol. The molecule has 7 heteroatoms. The van der Waals surface area contributed by atoms with E-state index in [1.54, 1.807) is 35.1 Å². The van der Waals surface area contributed by atoms with Gasteiger partial charge in [-0.05, 0) is 42.2 Å². The first-order chi connectivity index (χ1) is 12.2. The first-order valence-electron chi connectivity index (χ1n) is 7.97. The summed E-state index contributed by atoms with van der Waals surface area (Å²) in [7, 11) is 1.35. The number of ether oxygens (including phenoxy) is 1. The second kappa shape index (κ2) is 6.01. The lowest BCUT2D eigenvalue weighted by Crippen LogP contribution is -2.27. The van der Waals surface area contributed by atoms with Crippen molar-refractivity contribution in [1.29, 1.82) is 0 Å². The van der Waals surface area contributed by atoms with Gasteiger partial charge in [0.2, 0.25) is 0 Å². The molecule has 1 aromatic carbocycles. The molecule has 1 atom stereocenters. The molecule has 0 aliphatic heterocycles. The van der Waals surface area contributed by atoms with Crippen LogP contribution in [0.3, 0.4) is 0 Å². The van der Waals surface area contributed by atoms with Crippen LogP contribution in [0, 0.1) is 0 Å². The number of fused-ring (bicyclic) bond motifs is 2. The van der Waals surface area contributed by atoms with Gasteiger partial charge in [-0.25, -0.2) is 14.3 Å². The standard InChI is InChI=1S/C18H16N4O3/c1-25-18(24)12-4-3-11-5-6-15(13(11)9-12)21-17(23)14-10-20-22-8-2-7-19-16(14)22/h2-4,7-10,15H,5-6H2,1H3,(H,21,23). The van der Waals surface area contributed by atoms with Gasteiger partial charge in [-0.15, -0.1) is 0 Å². The van der Waals surface area contributed by atoms with Gasteiger partial charge in [0.05, 0.1) is 24.9 Å². The molecule has 126 valence electrons. The molecule has 1 aliphatic rings. The highest BCUT2D eigenvalue weighted by Gasteiger charge is 2.26. The van der Waals surface area contributed by atoms with Crippen LogP contribution in [0.5, 0.6) is 0 Å². The molecule has 3 aromatic rings. The number of carbonyl (C=O) groups excluding carboxylic acids is 2. The number of benzene rings is 1. The Morgan fingerprint density at radius 1 is 1.36 bits per heavy atom. The number of rotatable bonds is 3. The first-order valence-corrected chi connectivity index (χ1v) is 7.97. The van der Waals surface area contributed by atoms with Crippen LogP contribution in [-0.2, 0) is 11.2 Å². The van der Waals surface area contributed by atoms with Gasteiger partial charge in [0.1, 0.15) is 5.56 Å². The van der Waals surface area contributed by atoms with E-state index in [0.717, 1.165) is 24.0 Å². The van der Waals surface area contributed by atoms with Crippen LogP contribution >= 0.6 is 0 Å². The Labute approximate surface area is 143 Å². The minimum absolute atomic E-state index is 0.147. The van der Waals surface area contributed by atoms with E-state index in [1.165, 1.54) is 13.3 Å². The predicted octanol–water partition coefficient (Wildman–Crippen LogP) is 1.93. The number of nitrogens with one attached hydrogen (secondary N) is 1. The Balaban J connectivity index is 1.61. The third kappa shape index (κ3) is 2.63. The van der Waals surface area contributed by atoms with Crippen molar-refractivity contribution in [2.45, 2.75) is 18.9 Å². The molecule has 4 rings (SSSR count). The van der Waals surface area contributed by atoms with Gasteiger partial charge in [0.15, 0.2) is 5.65 Å². The molecule has 1 aliphatic carbocycles. The fourth-order valence-corrected chi connectivity index (χ4v) is 3.22. The highest BCUT2D eigenvalue weighted by Crippen LogP contribution is 2.32. The monoisotopic (exact) mass is 336 g/mol. The maximum Gasteiger partial charge on any atom is 0.337 e. The van der Waals surface area contributed by atoms with E-state index in [-0.39, 0.29) is 17.9 Å². The Hall–Kier alpha value is -3.22. The van der Waals surface area contributed by atoms with Crippen LogP contribution in [0.4, 0.5) is 0 Å². The van der Waals surface area contributed by atoms with Crippen LogP contribution < -0.4 is 5.32 Å². The molecule has 1 amide bonds. The summed E-state index contributed by atoms with van der Waals surface area (Å²) in [6.07, 6.45) is 6.53. The quantitative estimate of drug-likeness (QED) is 0.739. The molecule has 25 heavy (non-hydrogen) atoms. The Morgan fingerprint density at radius 2 is 2.24 bits per heavy atom. The topological polar surface area (TPSA) is 85.6 Å². The summed E-state index contributed by atoms with van der Waals surface area (Å²) in [6, 6.07) is 7.08. The zero-order valence-electron chi connectivity index (χ0n) is 13.6. The molecule has 2 heterocycles. The molecule has 0 spiro atoms. The number of nitrogens with zero attached hydrogens (tertiary/aromatic N) is 3. The molecule has 0 saturated carbocycles. The SMILES string of the molecule is COC(=O)c1ccc2c(c1)C(NC(=O)c1cnn3cccnc13)CC2. The van der Waals surface area contributed by atoms with Crippen LogP contribution in [-0.4, -0.2) is 33.6 Å². The molecule has 0 bridgehead atoms. The van der Waals surface area contributed by atoms with Gasteiger partial charge in [-0.3, -0.25) is 4.79 Å². The fraction of sp³-hybridized carbons (Fsp3) is 0.222. The number of hydrogen-bond donors (Lipinski definition) is 1. The van der Waals surface area contributed by atoms with Crippen molar-refractivity contribution in [2.75, 3.05) is 7.11 Å². The first kappa shape index (κ1) is 15.3.